The van der Waals surface area contributed by atoms with Gasteiger partial charge in [-0.1, -0.05) is 43.7 Å². The second kappa shape index (κ2) is 9.31. The highest BCUT2D eigenvalue weighted by Gasteiger charge is 2.26. The molecule has 1 aliphatic rings. The maximum atomic E-state index is 12.9. The van der Waals surface area contributed by atoms with Crippen molar-refractivity contribution in [2.75, 3.05) is 20.3 Å². The first-order chi connectivity index (χ1) is 13.2. The molecule has 0 aliphatic carbocycles. The Kier molecular flexibility index (Phi) is 6.58. The molecule has 0 N–H and O–H groups in total. The molecule has 5 heteroatoms. The van der Waals surface area contributed by atoms with Gasteiger partial charge >= 0.3 is 0 Å². The van der Waals surface area contributed by atoms with Gasteiger partial charge in [0.05, 0.1) is 13.7 Å². The lowest BCUT2D eigenvalue weighted by Crippen LogP contribution is -2.39. The fourth-order valence-electron chi connectivity index (χ4n) is 3.22. The number of unbranched alkanes of at least 4 members (excludes halogenated alkanes) is 1. The van der Waals surface area contributed by atoms with Crippen LogP contribution in [-0.2, 0) is 11.3 Å². The highest BCUT2D eigenvalue weighted by molar-refractivity contribution is 5.78. The lowest BCUT2D eigenvalue weighted by Gasteiger charge is -2.24. The second-order valence-electron chi connectivity index (χ2n) is 6.70. The largest absolute Gasteiger partial charge is 0.493 e. The molecular formula is C22H27NO4. The molecule has 144 valence electrons. The number of nitrogens with zero attached hydrogens (tertiary/aromatic N) is 1. The van der Waals surface area contributed by atoms with Gasteiger partial charge in [-0.25, -0.2) is 0 Å². The van der Waals surface area contributed by atoms with E-state index in [1.54, 1.807) is 13.2 Å². The fraction of sp³-hybridized carbons (Fsp3) is 0.409. The summed E-state index contributed by atoms with van der Waals surface area (Å²) in [6, 6.07) is 15.3. The van der Waals surface area contributed by atoms with Gasteiger partial charge in [-0.05, 0) is 31.0 Å². The van der Waals surface area contributed by atoms with E-state index in [0.717, 1.165) is 30.6 Å². The van der Waals surface area contributed by atoms with Crippen LogP contribution in [0.3, 0.4) is 0 Å². The average molecular weight is 369 g/mol. The van der Waals surface area contributed by atoms with Gasteiger partial charge < -0.3 is 19.1 Å². The Hall–Kier alpha value is -2.69. The van der Waals surface area contributed by atoms with Crippen LogP contribution < -0.4 is 14.2 Å². The number of hydrogen-bond donors (Lipinski definition) is 0. The van der Waals surface area contributed by atoms with Crippen LogP contribution in [0.5, 0.6) is 17.2 Å². The van der Waals surface area contributed by atoms with Gasteiger partial charge in [0.15, 0.2) is 18.1 Å². The molecule has 1 unspecified atom stereocenters. The zero-order valence-electron chi connectivity index (χ0n) is 16.0. The fourth-order valence-corrected chi connectivity index (χ4v) is 3.22. The standard InChI is InChI=1S/C22H27NO4/c1-3-4-10-18-15-23(14-17-9-5-6-11-19(17)27-18)22(24)16-26-21-13-8-7-12-20(21)25-2/h5-9,11-13,18H,3-4,10,14-16H2,1-2H3. The summed E-state index contributed by atoms with van der Waals surface area (Å²) in [5.41, 5.74) is 1.03. The molecule has 1 heterocycles. The zero-order chi connectivity index (χ0) is 19.1. The summed E-state index contributed by atoms with van der Waals surface area (Å²) >= 11 is 0. The molecular weight excluding hydrogens is 342 g/mol. The van der Waals surface area contributed by atoms with Crippen molar-refractivity contribution < 1.29 is 19.0 Å². The van der Waals surface area contributed by atoms with E-state index in [9.17, 15) is 4.79 Å². The third kappa shape index (κ3) is 4.94. The van der Waals surface area contributed by atoms with E-state index in [2.05, 4.69) is 6.92 Å². The predicted molar refractivity (Wildman–Crippen MR) is 104 cm³/mol. The molecule has 0 fully saturated rings. The normalized spacial score (nSPS) is 16.1. The van der Waals surface area contributed by atoms with Crippen molar-refractivity contribution in [1.82, 2.24) is 4.90 Å². The summed E-state index contributed by atoms with van der Waals surface area (Å²) in [6.45, 7) is 3.24. The van der Waals surface area contributed by atoms with Crippen LogP contribution in [0.4, 0.5) is 0 Å². The number of amides is 1. The van der Waals surface area contributed by atoms with Gasteiger partial charge in [-0.2, -0.15) is 0 Å². The number of carbonyl (C=O) groups excluding carboxylic acids is 1. The topological polar surface area (TPSA) is 48.0 Å². The molecule has 1 atom stereocenters. The minimum atomic E-state index is -0.0530. The summed E-state index contributed by atoms with van der Waals surface area (Å²) in [7, 11) is 1.59. The lowest BCUT2D eigenvalue weighted by atomic mass is 10.1. The molecule has 5 nitrogen and oxygen atoms in total. The van der Waals surface area contributed by atoms with Crippen molar-refractivity contribution in [1.29, 1.82) is 0 Å². The van der Waals surface area contributed by atoms with Gasteiger partial charge in [0.1, 0.15) is 11.9 Å². The Morgan fingerprint density at radius 1 is 1.15 bits per heavy atom. The summed E-state index contributed by atoms with van der Waals surface area (Å²) in [5.74, 6) is 2.01. The van der Waals surface area contributed by atoms with E-state index in [1.807, 2.05) is 47.4 Å². The number of rotatable bonds is 7. The van der Waals surface area contributed by atoms with Crippen molar-refractivity contribution in [2.45, 2.75) is 38.8 Å². The summed E-state index contributed by atoms with van der Waals surface area (Å²) in [4.78, 5) is 14.7. The zero-order valence-corrected chi connectivity index (χ0v) is 16.0. The van der Waals surface area contributed by atoms with Gasteiger partial charge in [0.2, 0.25) is 0 Å². The Bertz CT molecular complexity index is 761. The molecule has 2 aromatic rings. The number of ether oxygens (including phenoxy) is 3. The minimum Gasteiger partial charge on any atom is -0.493 e. The first-order valence-corrected chi connectivity index (χ1v) is 9.49. The Morgan fingerprint density at radius 2 is 1.89 bits per heavy atom. The van der Waals surface area contributed by atoms with Crippen LogP contribution >= 0.6 is 0 Å². The number of para-hydroxylation sites is 3. The Balaban J connectivity index is 1.70. The summed E-state index contributed by atoms with van der Waals surface area (Å²) < 4.78 is 17.2. The van der Waals surface area contributed by atoms with E-state index < -0.39 is 0 Å². The van der Waals surface area contributed by atoms with Crippen LogP contribution in [0.2, 0.25) is 0 Å². The van der Waals surface area contributed by atoms with Crippen molar-refractivity contribution in [3.05, 3.63) is 54.1 Å². The van der Waals surface area contributed by atoms with Crippen molar-refractivity contribution in [2.24, 2.45) is 0 Å². The number of hydrogen-bond acceptors (Lipinski definition) is 4. The molecule has 0 radical (unpaired) electrons. The number of methoxy groups -OCH3 is 1. The highest BCUT2D eigenvalue weighted by Crippen LogP contribution is 2.28. The molecule has 1 amide bonds. The van der Waals surface area contributed by atoms with Crippen molar-refractivity contribution in [3.8, 4) is 17.2 Å². The third-order valence-electron chi connectivity index (χ3n) is 4.70. The van der Waals surface area contributed by atoms with Crippen LogP contribution in [0.25, 0.3) is 0 Å². The first kappa shape index (κ1) is 19.1. The molecule has 3 rings (SSSR count). The predicted octanol–water partition coefficient (Wildman–Crippen LogP) is 4.05. The minimum absolute atomic E-state index is 0.00353. The first-order valence-electron chi connectivity index (χ1n) is 9.49. The van der Waals surface area contributed by atoms with E-state index >= 15 is 0 Å². The molecule has 27 heavy (non-hydrogen) atoms. The molecule has 0 saturated carbocycles. The van der Waals surface area contributed by atoms with Gasteiger partial charge in [0, 0.05) is 12.1 Å². The van der Waals surface area contributed by atoms with E-state index in [1.165, 1.54) is 0 Å². The number of carbonyl (C=O) groups is 1. The van der Waals surface area contributed by atoms with Gasteiger partial charge in [0.25, 0.3) is 5.91 Å². The maximum absolute atomic E-state index is 12.9. The van der Waals surface area contributed by atoms with E-state index in [-0.39, 0.29) is 18.6 Å². The monoisotopic (exact) mass is 369 g/mol. The highest BCUT2D eigenvalue weighted by atomic mass is 16.5. The number of benzene rings is 2. The third-order valence-corrected chi connectivity index (χ3v) is 4.70. The van der Waals surface area contributed by atoms with Crippen molar-refractivity contribution >= 4 is 5.91 Å². The lowest BCUT2D eigenvalue weighted by molar-refractivity contribution is -0.134. The molecule has 0 bridgehead atoms. The summed E-state index contributed by atoms with van der Waals surface area (Å²) in [5, 5.41) is 0. The SMILES string of the molecule is CCCCC1CN(C(=O)COc2ccccc2OC)Cc2ccccc2O1. The van der Waals surface area contributed by atoms with Crippen LogP contribution in [-0.4, -0.2) is 37.2 Å². The van der Waals surface area contributed by atoms with Crippen molar-refractivity contribution in [3.63, 3.8) is 0 Å². The van der Waals surface area contributed by atoms with E-state index in [0.29, 0.717) is 24.6 Å². The van der Waals surface area contributed by atoms with Crippen LogP contribution in [0.15, 0.2) is 48.5 Å². The Labute approximate surface area is 160 Å². The number of fused-ring (bicyclic) bond motifs is 1. The van der Waals surface area contributed by atoms with E-state index in [4.69, 9.17) is 14.2 Å². The summed E-state index contributed by atoms with van der Waals surface area (Å²) in [6.07, 6.45) is 3.12. The molecule has 1 aliphatic heterocycles. The molecule has 0 saturated heterocycles. The van der Waals surface area contributed by atoms with Gasteiger partial charge in [-0.15, -0.1) is 0 Å². The average Bonchev–Trinajstić information content (AvgIpc) is 2.89. The second-order valence-corrected chi connectivity index (χ2v) is 6.70. The molecule has 0 spiro atoms. The van der Waals surface area contributed by atoms with Gasteiger partial charge in [-0.3, -0.25) is 4.79 Å². The molecule has 0 aromatic heterocycles. The maximum Gasteiger partial charge on any atom is 0.260 e. The molecule has 2 aromatic carbocycles. The quantitative estimate of drug-likeness (QED) is 0.739. The Morgan fingerprint density at radius 3 is 2.67 bits per heavy atom. The van der Waals surface area contributed by atoms with Crippen LogP contribution in [0, 0.1) is 0 Å². The van der Waals surface area contributed by atoms with Crippen LogP contribution in [0.1, 0.15) is 31.7 Å². The smallest absolute Gasteiger partial charge is 0.260 e.